The Hall–Kier alpha value is -2.41. The van der Waals surface area contributed by atoms with Crippen LogP contribution in [-0.4, -0.2) is 17.4 Å². The summed E-state index contributed by atoms with van der Waals surface area (Å²) >= 11 is 0. The number of rotatable bonds is 0. The molecular weight excluding hydrogens is 435 g/mol. The summed E-state index contributed by atoms with van der Waals surface area (Å²) in [6.07, 6.45) is 0. The van der Waals surface area contributed by atoms with E-state index in [1.165, 1.54) is 16.7 Å². The smallest absolute Gasteiger partial charge is 0.872 e. The van der Waals surface area contributed by atoms with Gasteiger partial charge in [0.25, 0.3) is 0 Å². The van der Waals surface area contributed by atoms with E-state index in [1.807, 2.05) is 62.3 Å². The Morgan fingerprint density at radius 2 is 0.500 bits per heavy atom. The third-order valence-corrected chi connectivity index (χ3v) is 7.30. The molecule has 0 bridgehead atoms. The average Bonchev–Trinajstić information content (AvgIpc) is 2.77. The van der Waals surface area contributed by atoms with Crippen molar-refractivity contribution in [1.29, 1.82) is 0 Å². The van der Waals surface area contributed by atoms with Crippen LogP contribution in [0.4, 0.5) is 0 Å². The van der Waals surface area contributed by atoms with E-state index in [1.54, 1.807) is 18.2 Å². The third-order valence-electron chi connectivity index (χ3n) is 7.30. The first kappa shape index (κ1) is 31.6. The molecule has 0 unspecified atom stereocenters. The van der Waals surface area contributed by atoms with Crippen molar-refractivity contribution < 1.29 is 15.3 Å². The van der Waals surface area contributed by atoms with Gasteiger partial charge in [-0.25, -0.2) is 0 Å². The molecule has 0 heterocycles. The Balaban J connectivity index is 0.000000473. The van der Waals surface area contributed by atoms with Crippen molar-refractivity contribution in [2.45, 2.75) is 83.1 Å². The quantitative estimate of drug-likeness (QED) is 0.398. The first-order valence-corrected chi connectivity index (χ1v) is 11.3. The van der Waals surface area contributed by atoms with Crippen molar-refractivity contribution >= 4 is 17.4 Å². The Morgan fingerprint density at radius 3 is 0.676 bits per heavy atom. The second-order valence-electron chi connectivity index (χ2n) is 9.20. The van der Waals surface area contributed by atoms with E-state index in [9.17, 15) is 15.3 Å². The molecule has 0 aliphatic carbocycles. The van der Waals surface area contributed by atoms with Crippen LogP contribution < -0.4 is 15.3 Å². The zero-order valence-electron chi connectivity index (χ0n) is 23.0. The number of hydrogen-bond donors (Lipinski definition) is 0. The molecule has 0 saturated heterocycles. The Bertz CT molecular complexity index is 936. The third kappa shape index (κ3) is 7.29. The van der Waals surface area contributed by atoms with E-state index in [4.69, 9.17) is 0 Å². The standard InChI is InChI=1S/3C10H14O.Al/c3*1-6-5-10(11)9(4)8(3)7(6)2;/h3*5,11H,1-4H3;/q;;;+3/p-3. The summed E-state index contributed by atoms with van der Waals surface area (Å²) in [6, 6.07) is 5.12. The van der Waals surface area contributed by atoms with Crippen LogP contribution in [0.25, 0.3) is 0 Å². The molecule has 0 radical (unpaired) electrons. The normalized spacial score (nSPS) is 9.88. The zero-order chi connectivity index (χ0) is 25.8. The van der Waals surface area contributed by atoms with Crippen molar-refractivity contribution in [2.75, 3.05) is 0 Å². The van der Waals surface area contributed by atoms with Crippen LogP contribution in [0.15, 0.2) is 18.2 Å². The number of benzene rings is 3. The minimum absolute atomic E-state index is 0. The molecule has 0 fully saturated rings. The predicted octanol–water partition coefficient (Wildman–Crippen LogP) is 5.60. The fraction of sp³-hybridized carbons (Fsp3) is 0.400. The van der Waals surface area contributed by atoms with Gasteiger partial charge in [-0.2, -0.15) is 0 Å². The summed E-state index contributed by atoms with van der Waals surface area (Å²) in [5.74, 6) is 0.474. The van der Waals surface area contributed by atoms with Crippen molar-refractivity contribution in [3.05, 3.63) is 85.0 Å². The number of aryl methyl sites for hydroxylation is 3. The molecule has 0 aromatic heterocycles. The average molecular weight is 475 g/mol. The molecule has 0 aliphatic heterocycles. The predicted molar refractivity (Wildman–Crippen MR) is 140 cm³/mol. The van der Waals surface area contributed by atoms with Crippen LogP contribution in [0, 0.1) is 83.1 Å². The second-order valence-corrected chi connectivity index (χ2v) is 9.20. The molecule has 180 valence electrons. The zero-order valence-corrected chi connectivity index (χ0v) is 24.2. The van der Waals surface area contributed by atoms with Gasteiger partial charge in [-0.3, -0.25) is 0 Å². The molecule has 3 aromatic rings. The summed E-state index contributed by atoms with van der Waals surface area (Å²) in [5.41, 5.74) is 13.1. The Morgan fingerprint density at radius 1 is 0.324 bits per heavy atom. The van der Waals surface area contributed by atoms with Crippen LogP contribution in [0.3, 0.4) is 0 Å². The van der Waals surface area contributed by atoms with Crippen molar-refractivity contribution in [3.8, 4) is 17.2 Å². The molecule has 34 heavy (non-hydrogen) atoms. The van der Waals surface area contributed by atoms with Crippen molar-refractivity contribution in [1.82, 2.24) is 0 Å². The molecule has 0 spiro atoms. The minimum atomic E-state index is 0. The molecular formula is C30H39AlO3. The molecule has 0 saturated carbocycles. The summed E-state index contributed by atoms with van der Waals surface area (Å²) in [6.45, 7) is 23.7. The van der Waals surface area contributed by atoms with E-state index in [2.05, 4.69) is 20.8 Å². The largest absolute Gasteiger partial charge is 3.00 e. The van der Waals surface area contributed by atoms with E-state index in [0.717, 1.165) is 50.1 Å². The van der Waals surface area contributed by atoms with Gasteiger partial charge in [-0.1, -0.05) is 34.9 Å². The van der Waals surface area contributed by atoms with Crippen LogP contribution >= 0.6 is 0 Å². The van der Waals surface area contributed by atoms with Gasteiger partial charge in [-0.15, -0.1) is 17.2 Å². The van der Waals surface area contributed by atoms with Crippen molar-refractivity contribution in [2.24, 2.45) is 0 Å². The maximum Gasteiger partial charge on any atom is 3.00 e. The molecule has 3 aromatic carbocycles. The summed E-state index contributed by atoms with van der Waals surface area (Å²) in [4.78, 5) is 0. The van der Waals surface area contributed by atoms with E-state index < -0.39 is 0 Å². The maximum atomic E-state index is 11.2. The Kier molecular flexibility index (Phi) is 12.0. The van der Waals surface area contributed by atoms with Gasteiger partial charge in [-0.05, 0) is 133 Å². The molecule has 0 amide bonds. The molecule has 3 nitrogen and oxygen atoms in total. The minimum Gasteiger partial charge on any atom is -0.872 e. The van der Waals surface area contributed by atoms with Crippen molar-refractivity contribution in [3.63, 3.8) is 0 Å². The van der Waals surface area contributed by atoms with E-state index in [0.29, 0.717) is 0 Å². The van der Waals surface area contributed by atoms with Gasteiger partial charge in [0, 0.05) is 0 Å². The summed E-state index contributed by atoms with van der Waals surface area (Å²) in [7, 11) is 0. The van der Waals surface area contributed by atoms with Crippen LogP contribution in [0.1, 0.15) is 66.8 Å². The monoisotopic (exact) mass is 474 g/mol. The van der Waals surface area contributed by atoms with E-state index >= 15 is 0 Å². The van der Waals surface area contributed by atoms with Gasteiger partial charge in [0.05, 0.1) is 0 Å². The molecule has 4 heteroatoms. The van der Waals surface area contributed by atoms with E-state index in [-0.39, 0.29) is 34.6 Å². The molecule has 0 aliphatic rings. The number of hydrogen-bond acceptors (Lipinski definition) is 3. The van der Waals surface area contributed by atoms with Gasteiger partial charge in [0.1, 0.15) is 0 Å². The van der Waals surface area contributed by atoms with Gasteiger partial charge in [0.15, 0.2) is 0 Å². The molecule has 0 N–H and O–H groups in total. The second kappa shape index (κ2) is 12.9. The van der Waals surface area contributed by atoms with Crippen LogP contribution in [-0.2, 0) is 0 Å². The molecule has 0 atom stereocenters. The van der Waals surface area contributed by atoms with Gasteiger partial charge < -0.3 is 15.3 Å². The summed E-state index contributed by atoms with van der Waals surface area (Å²) < 4.78 is 0. The topological polar surface area (TPSA) is 69.2 Å². The first-order valence-electron chi connectivity index (χ1n) is 11.3. The fourth-order valence-corrected chi connectivity index (χ4v) is 3.52. The SMILES string of the molecule is Cc1cc([O-])c(C)c(C)c1C.Cc1cc([O-])c(C)c(C)c1C.Cc1cc([O-])c(C)c(C)c1C.[Al+3]. The van der Waals surface area contributed by atoms with Gasteiger partial charge >= 0.3 is 17.4 Å². The summed E-state index contributed by atoms with van der Waals surface area (Å²) in [5, 5.41) is 33.6. The maximum absolute atomic E-state index is 11.2. The fourth-order valence-electron chi connectivity index (χ4n) is 3.52. The Labute approximate surface area is 217 Å². The first-order chi connectivity index (χ1) is 15.1. The molecule has 3 rings (SSSR count). The van der Waals surface area contributed by atoms with Crippen LogP contribution in [0.2, 0.25) is 0 Å². The van der Waals surface area contributed by atoms with Gasteiger partial charge in [0.2, 0.25) is 0 Å². The van der Waals surface area contributed by atoms with Crippen LogP contribution in [0.5, 0.6) is 17.2 Å².